The van der Waals surface area contributed by atoms with E-state index in [1.54, 1.807) is 30.3 Å². The van der Waals surface area contributed by atoms with Crippen molar-refractivity contribution in [2.24, 2.45) is 0 Å². The maximum atomic E-state index is 11.2. The average molecular weight is 264 g/mol. The number of hydrogen-bond donors (Lipinski definition) is 0. The first-order valence-electron chi connectivity index (χ1n) is 4.30. The van der Waals surface area contributed by atoms with Crippen LogP contribution in [0.4, 0.5) is 0 Å². The predicted octanol–water partition coefficient (Wildman–Crippen LogP) is 0.349. The maximum absolute atomic E-state index is 11.2. The summed E-state index contributed by atoms with van der Waals surface area (Å²) in [6, 6.07) is 8.22. The zero-order chi connectivity index (χ0) is 11.8. The molecule has 0 aliphatic carbocycles. The van der Waals surface area contributed by atoms with Gasteiger partial charge in [0.05, 0.1) is 0 Å². The van der Waals surface area contributed by atoms with Gasteiger partial charge in [-0.1, -0.05) is 30.3 Å². The van der Waals surface area contributed by atoms with Gasteiger partial charge in [0.2, 0.25) is 0 Å². The summed E-state index contributed by atoms with van der Waals surface area (Å²) in [5, 5.41) is 0. The van der Waals surface area contributed by atoms with E-state index in [9.17, 15) is 16.8 Å². The van der Waals surface area contributed by atoms with E-state index in [1.165, 1.54) is 0 Å². The molecular weight excluding hydrogens is 256 g/mol. The SMILES string of the molecule is O=S1(=O)CC(c2ccccc2)OS(=O)(=O)O1. The fraction of sp³-hybridized carbons (Fsp3) is 0.250. The zero-order valence-electron chi connectivity index (χ0n) is 7.94. The van der Waals surface area contributed by atoms with Crippen molar-refractivity contribution in [3.05, 3.63) is 35.9 Å². The van der Waals surface area contributed by atoms with E-state index in [1.807, 2.05) is 0 Å². The Labute approximate surface area is 93.3 Å². The molecule has 16 heavy (non-hydrogen) atoms. The molecule has 1 fully saturated rings. The summed E-state index contributed by atoms with van der Waals surface area (Å²) >= 11 is 0. The zero-order valence-corrected chi connectivity index (χ0v) is 9.57. The molecule has 88 valence electrons. The number of rotatable bonds is 1. The Morgan fingerprint density at radius 2 is 1.69 bits per heavy atom. The second-order valence-corrected chi connectivity index (χ2v) is 6.20. The fourth-order valence-corrected chi connectivity index (χ4v) is 3.89. The van der Waals surface area contributed by atoms with Gasteiger partial charge >= 0.3 is 10.4 Å². The minimum Gasteiger partial charge on any atom is -0.238 e. The third-order valence-corrected chi connectivity index (χ3v) is 4.62. The molecule has 1 atom stereocenters. The van der Waals surface area contributed by atoms with Gasteiger partial charge in [-0.2, -0.15) is 16.8 Å². The Morgan fingerprint density at radius 1 is 1.06 bits per heavy atom. The summed E-state index contributed by atoms with van der Waals surface area (Å²) in [4.78, 5) is 0. The molecule has 0 aromatic heterocycles. The van der Waals surface area contributed by atoms with E-state index < -0.39 is 32.4 Å². The number of benzene rings is 1. The second kappa shape index (κ2) is 3.81. The summed E-state index contributed by atoms with van der Waals surface area (Å²) in [5.74, 6) is -0.518. The lowest BCUT2D eigenvalue weighted by atomic mass is 10.1. The Morgan fingerprint density at radius 3 is 2.25 bits per heavy atom. The van der Waals surface area contributed by atoms with Crippen molar-refractivity contribution in [3.8, 4) is 0 Å². The van der Waals surface area contributed by atoms with Crippen LogP contribution in [0.5, 0.6) is 0 Å². The summed E-state index contributed by atoms with van der Waals surface area (Å²) in [5.41, 5.74) is 0.470. The van der Waals surface area contributed by atoms with Gasteiger partial charge in [-0.15, -0.1) is 3.63 Å². The molecule has 0 radical (unpaired) electrons. The Hall–Kier alpha value is -0.960. The Kier molecular flexibility index (Phi) is 2.74. The smallest absolute Gasteiger partial charge is 0.238 e. The average Bonchev–Trinajstić information content (AvgIpc) is 2.14. The monoisotopic (exact) mass is 264 g/mol. The van der Waals surface area contributed by atoms with Gasteiger partial charge in [-0.05, 0) is 5.56 Å². The van der Waals surface area contributed by atoms with Gasteiger partial charge in [-0.25, -0.2) is 4.18 Å². The summed E-state index contributed by atoms with van der Waals surface area (Å²) in [6.45, 7) is 0. The van der Waals surface area contributed by atoms with Crippen molar-refractivity contribution in [1.82, 2.24) is 0 Å². The fourth-order valence-electron chi connectivity index (χ4n) is 1.35. The van der Waals surface area contributed by atoms with Gasteiger partial charge in [0.1, 0.15) is 11.9 Å². The highest BCUT2D eigenvalue weighted by molar-refractivity contribution is 7.98. The van der Waals surface area contributed by atoms with Crippen LogP contribution >= 0.6 is 0 Å². The van der Waals surface area contributed by atoms with Crippen LogP contribution in [0.2, 0.25) is 0 Å². The molecule has 0 spiro atoms. The van der Waals surface area contributed by atoms with E-state index >= 15 is 0 Å². The van der Waals surface area contributed by atoms with E-state index in [-0.39, 0.29) is 0 Å². The molecule has 6 nitrogen and oxygen atoms in total. The molecule has 1 aliphatic rings. The van der Waals surface area contributed by atoms with Crippen molar-refractivity contribution >= 4 is 20.5 Å². The molecular formula is C8H8O6S2. The molecule has 1 aromatic carbocycles. The first kappa shape index (κ1) is 11.5. The van der Waals surface area contributed by atoms with Gasteiger partial charge in [0, 0.05) is 0 Å². The largest absolute Gasteiger partial charge is 0.415 e. The van der Waals surface area contributed by atoms with E-state index in [2.05, 4.69) is 7.81 Å². The van der Waals surface area contributed by atoms with Crippen molar-refractivity contribution in [1.29, 1.82) is 0 Å². The highest BCUT2D eigenvalue weighted by atomic mass is 32.3. The van der Waals surface area contributed by atoms with Crippen LogP contribution in [0.15, 0.2) is 30.3 Å². The normalized spacial score (nSPS) is 27.4. The highest BCUT2D eigenvalue weighted by Gasteiger charge is 2.37. The summed E-state index contributed by atoms with van der Waals surface area (Å²) in [6.07, 6.45) is -1.05. The lowest BCUT2D eigenvalue weighted by Crippen LogP contribution is -2.31. The third kappa shape index (κ3) is 2.59. The van der Waals surface area contributed by atoms with Crippen LogP contribution in [0.3, 0.4) is 0 Å². The first-order valence-corrected chi connectivity index (χ1v) is 7.21. The molecule has 2 rings (SSSR count). The quantitative estimate of drug-likeness (QED) is 0.727. The van der Waals surface area contributed by atoms with Crippen molar-refractivity contribution in [3.63, 3.8) is 0 Å². The van der Waals surface area contributed by atoms with E-state index in [0.717, 1.165) is 0 Å². The Balaban J connectivity index is 2.38. The van der Waals surface area contributed by atoms with Crippen molar-refractivity contribution in [2.45, 2.75) is 6.10 Å². The van der Waals surface area contributed by atoms with Crippen molar-refractivity contribution in [2.75, 3.05) is 5.75 Å². The molecule has 1 saturated heterocycles. The first-order chi connectivity index (χ1) is 7.38. The van der Waals surface area contributed by atoms with Crippen LogP contribution in [0.25, 0.3) is 0 Å². The number of hydrogen-bond acceptors (Lipinski definition) is 6. The minimum atomic E-state index is -4.48. The molecule has 0 N–H and O–H groups in total. The predicted molar refractivity (Wildman–Crippen MR) is 54.1 cm³/mol. The topological polar surface area (TPSA) is 86.7 Å². The van der Waals surface area contributed by atoms with Crippen LogP contribution in [0.1, 0.15) is 11.7 Å². The van der Waals surface area contributed by atoms with Gasteiger partial charge in [0.25, 0.3) is 10.1 Å². The maximum Gasteiger partial charge on any atom is 0.415 e. The molecule has 1 aliphatic heterocycles. The molecule has 0 bridgehead atoms. The minimum absolute atomic E-state index is 0.470. The molecule has 0 saturated carbocycles. The standard InChI is InChI=1S/C8H8O6S2/c9-15(10)6-8(13-16(11,12)14-15)7-4-2-1-3-5-7/h1-5,8H,6H2. The second-order valence-electron chi connectivity index (χ2n) is 3.20. The Bertz CT molecular complexity index is 540. The molecule has 0 amide bonds. The summed E-state index contributed by atoms with van der Waals surface area (Å²) < 4.78 is 52.8. The lowest BCUT2D eigenvalue weighted by molar-refractivity contribution is 0.189. The van der Waals surface area contributed by atoms with Crippen LogP contribution in [-0.4, -0.2) is 22.6 Å². The molecule has 1 aromatic rings. The van der Waals surface area contributed by atoms with E-state index in [0.29, 0.717) is 5.56 Å². The van der Waals surface area contributed by atoms with Crippen molar-refractivity contribution < 1.29 is 24.6 Å². The molecule has 1 unspecified atom stereocenters. The molecule has 8 heteroatoms. The van der Waals surface area contributed by atoms with E-state index in [4.69, 9.17) is 0 Å². The van der Waals surface area contributed by atoms with Gasteiger partial charge < -0.3 is 0 Å². The van der Waals surface area contributed by atoms with Crippen LogP contribution < -0.4 is 0 Å². The summed E-state index contributed by atoms with van der Waals surface area (Å²) in [7, 11) is -8.58. The highest BCUT2D eigenvalue weighted by Crippen LogP contribution is 2.28. The lowest BCUT2D eigenvalue weighted by Gasteiger charge is -2.21. The third-order valence-electron chi connectivity index (χ3n) is 1.95. The van der Waals surface area contributed by atoms with Crippen LogP contribution in [0, 0.1) is 0 Å². The molecule has 1 heterocycles. The van der Waals surface area contributed by atoms with Gasteiger partial charge in [-0.3, -0.25) is 0 Å². The van der Waals surface area contributed by atoms with Gasteiger partial charge in [0.15, 0.2) is 0 Å². The van der Waals surface area contributed by atoms with Crippen LogP contribution in [-0.2, 0) is 28.3 Å².